The molecule has 3 aromatic rings. The van der Waals surface area contributed by atoms with Crippen molar-refractivity contribution in [3.05, 3.63) is 69.8 Å². The van der Waals surface area contributed by atoms with Crippen molar-refractivity contribution in [2.75, 3.05) is 0 Å². The van der Waals surface area contributed by atoms with Crippen molar-refractivity contribution in [2.45, 2.75) is 13.3 Å². The highest BCUT2D eigenvalue weighted by atomic mass is 79.9. The lowest BCUT2D eigenvalue weighted by atomic mass is 10.0. The van der Waals surface area contributed by atoms with Crippen LogP contribution in [0.2, 0.25) is 0 Å². The molecular weight excluding hydrogens is 382 g/mol. The molecule has 124 valence electrons. The predicted octanol–water partition coefficient (Wildman–Crippen LogP) is 4.43. The van der Waals surface area contributed by atoms with Gasteiger partial charge in [0.2, 0.25) is 0 Å². The number of halogens is 1. The van der Waals surface area contributed by atoms with Crippen LogP contribution in [0.25, 0.3) is 16.9 Å². The summed E-state index contributed by atoms with van der Waals surface area (Å²) in [6, 6.07) is 16.4. The lowest BCUT2D eigenvalue weighted by Crippen LogP contribution is -2.05. The number of rotatable bonds is 4. The third-order valence-corrected chi connectivity index (χ3v) is 4.39. The summed E-state index contributed by atoms with van der Waals surface area (Å²) < 4.78 is 2.59. The van der Waals surface area contributed by atoms with Crippen LogP contribution in [-0.4, -0.2) is 20.9 Å². The number of carboxylic acids is 1. The number of nitriles is 1. The summed E-state index contributed by atoms with van der Waals surface area (Å²) >= 11 is 3.39. The highest BCUT2D eigenvalue weighted by Gasteiger charge is 2.24. The summed E-state index contributed by atoms with van der Waals surface area (Å²) in [6.07, 6.45) is 0.517. The van der Waals surface area contributed by atoms with E-state index in [1.54, 1.807) is 28.9 Å². The molecule has 0 saturated carbocycles. The van der Waals surface area contributed by atoms with E-state index in [9.17, 15) is 9.90 Å². The highest BCUT2D eigenvalue weighted by molar-refractivity contribution is 9.10. The molecule has 0 aliphatic carbocycles. The van der Waals surface area contributed by atoms with Gasteiger partial charge >= 0.3 is 5.97 Å². The Hall–Kier alpha value is -2.91. The number of benzene rings is 2. The van der Waals surface area contributed by atoms with Crippen LogP contribution < -0.4 is 0 Å². The van der Waals surface area contributed by atoms with Gasteiger partial charge in [0.05, 0.1) is 23.0 Å². The quantitative estimate of drug-likeness (QED) is 0.708. The molecule has 6 heteroatoms. The van der Waals surface area contributed by atoms with Gasteiger partial charge in [-0.15, -0.1) is 0 Å². The van der Waals surface area contributed by atoms with Gasteiger partial charge in [0.1, 0.15) is 11.3 Å². The minimum absolute atomic E-state index is 0.167. The fourth-order valence-corrected chi connectivity index (χ4v) is 3.00. The average Bonchev–Trinajstić information content (AvgIpc) is 3.02. The number of hydrogen-bond donors (Lipinski definition) is 1. The Bertz CT molecular complexity index is 985. The largest absolute Gasteiger partial charge is 0.478 e. The number of aromatic carboxylic acids is 1. The lowest BCUT2D eigenvalue weighted by Gasteiger charge is -2.06. The van der Waals surface area contributed by atoms with E-state index >= 15 is 0 Å². The molecule has 0 aliphatic heterocycles. The van der Waals surface area contributed by atoms with E-state index in [4.69, 9.17) is 5.26 Å². The first-order chi connectivity index (χ1) is 12.0. The maximum absolute atomic E-state index is 11.9. The van der Waals surface area contributed by atoms with E-state index in [-0.39, 0.29) is 5.56 Å². The molecule has 0 bridgehead atoms. The molecule has 0 spiro atoms. The molecule has 0 saturated heterocycles. The molecule has 0 fully saturated rings. The Morgan fingerprint density at radius 1 is 1.28 bits per heavy atom. The highest BCUT2D eigenvalue weighted by Crippen LogP contribution is 2.29. The van der Waals surface area contributed by atoms with E-state index in [1.807, 2.05) is 31.2 Å². The molecule has 1 aromatic heterocycles. The normalized spacial score (nSPS) is 10.4. The van der Waals surface area contributed by atoms with Gasteiger partial charge in [0, 0.05) is 10.0 Å². The zero-order valence-corrected chi connectivity index (χ0v) is 15.0. The predicted molar refractivity (Wildman–Crippen MR) is 97.8 cm³/mol. The summed E-state index contributed by atoms with van der Waals surface area (Å²) in [5.74, 6) is -1.03. The van der Waals surface area contributed by atoms with Crippen LogP contribution >= 0.6 is 15.9 Å². The standard InChI is InChI=1S/C19H14BrN3O2/c1-2-16-17(19(24)25)18(13-5-3-4-12(10-13)11-21)22-23(16)15-8-6-14(20)7-9-15/h3-10H,2H2,1H3,(H,24,25). The first-order valence-electron chi connectivity index (χ1n) is 7.66. The van der Waals surface area contributed by atoms with Gasteiger partial charge in [-0.2, -0.15) is 10.4 Å². The summed E-state index contributed by atoms with van der Waals surface area (Å²) in [4.78, 5) is 11.9. The van der Waals surface area contributed by atoms with Gasteiger partial charge in [0.15, 0.2) is 0 Å². The second-order valence-electron chi connectivity index (χ2n) is 5.41. The molecular formula is C19H14BrN3O2. The molecule has 1 heterocycles. The SMILES string of the molecule is CCc1c(C(=O)O)c(-c2cccc(C#N)c2)nn1-c1ccc(Br)cc1. The number of carboxylic acid groups (broad SMARTS) is 1. The van der Waals surface area contributed by atoms with E-state index in [1.165, 1.54) is 0 Å². The van der Waals surface area contributed by atoms with Crippen molar-refractivity contribution >= 4 is 21.9 Å². The zero-order valence-electron chi connectivity index (χ0n) is 13.4. The van der Waals surface area contributed by atoms with Crippen LogP contribution in [0.4, 0.5) is 0 Å². The number of nitrogens with zero attached hydrogens (tertiary/aromatic N) is 3. The second-order valence-corrected chi connectivity index (χ2v) is 6.33. The topological polar surface area (TPSA) is 78.9 Å². The Morgan fingerprint density at radius 2 is 2.00 bits per heavy atom. The van der Waals surface area contributed by atoms with Crippen molar-refractivity contribution < 1.29 is 9.90 Å². The van der Waals surface area contributed by atoms with Gasteiger partial charge in [0.25, 0.3) is 0 Å². The van der Waals surface area contributed by atoms with Gasteiger partial charge in [-0.05, 0) is 42.8 Å². The summed E-state index contributed by atoms with van der Waals surface area (Å²) in [5.41, 5.74) is 3.01. The smallest absolute Gasteiger partial charge is 0.339 e. The Morgan fingerprint density at radius 3 is 2.60 bits per heavy atom. The first kappa shape index (κ1) is 16.9. The Balaban J connectivity index is 2.27. The Kier molecular flexibility index (Phi) is 4.68. The lowest BCUT2D eigenvalue weighted by molar-refractivity contribution is 0.0696. The van der Waals surface area contributed by atoms with Crippen molar-refractivity contribution in [3.8, 4) is 23.0 Å². The van der Waals surface area contributed by atoms with Gasteiger partial charge < -0.3 is 5.11 Å². The maximum atomic E-state index is 11.9. The fraction of sp³-hybridized carbons (Fsp3) is 0.105. The molecule has 0 atom stereocenters. The van der Waals surface area contributed by atoms with E-state index in [0.29, 0.717) is 28.9 Å². The minimum Gasteiger partial charge on any atom is -0.478 e. The molecule has 0 unspecified atom stereocenters. The number of hydrogen-bond acceptors (Lipinski definition) is 3. The molecule has 0 radical (unpaired) electrons. The molecule has 1 N–H and O–H groups in total. The van der Waals surface area contributed by atoms with Gasteiger partial charge in [-0.3, -0.25) is 0 Å². The average molecular weight is 396 g/mol. The van der Waals surface area contributed by atoms with Crippen LogP contribution in [0.1, 0.15) is 28.5 Å². The number of aromatic nitrogens is 2. The summed E-state index contributed by atoms with van der Waals surface area (Å²) in [6.45, 7) is 1.90. The monoisotopic (exact) mass is 395 g/mol. The van der Waals surface area contributed by atoms with Crippen LogP contribution in [0, 0.1) is 11.3 Å². The summed E-state index contributed by atoms with van der Waals surface area (Å²) in [5, 5.41) is 23.4. The molecule has 2 aromatic carbocycles. The van der Waals surface area contributed by atoms with Crippen LogP contribution in [0.15, 0.2) is 53.0 Å². The van der Waals surface area contributed by atoms with Crippen molar-refractivity contribution in [3.63, 3.8) is 0 Å². The minimum atomic E-state index is -1.03. The van der Waals surface area contributed by atoms with Crippen molar-refractivity contribution in [1.29, 1.82) is 5.26 Å². The molecule has 0 amide bonds. The molecule has 5 nitrogen and oxygen atoms in total. The first-order valence-corrected chi connectivity index (χ1v) is 8.46. The zero-order chi connectivity index (χ0) is 18.0. The molecule has 3 rings (SSSR count). The molecule has 0 aliphatic rings. The van der Waals surface area contributed by atoms with E-state index in [2.05, 4.69) is 27.1 Å². The van der Waals surface area contributed by atoms with Crippen molar-refractivity contribution in [2.24, 2.45) is 0 Å². The maximum Gasteiger partial charge on any atom is 0.339 e. The van der Waals surface area contributed by atoms with Gasteiger partial charge in [-0.1, -0.05) is 35.0 Å². The van der Waals surface area contributed by atoms with E-state index in [0.717, 1.165) is 10.2 Å². The summed E-state index contributed by atoms with van der Waals surface area (Å²) in [7, 11) is 0. The second kappa shape index (κ2) is 6.91. The van der Waals surface area contributed by atoms with E-state index < -0.39 is 5.97 Å². The van der Waals surface area contributed by atoms with Crippen LogP contribution in [0.3, 0.4) is 0 Å². The van der Waals surface area contributed by atoms with Gasteiger partial charge in [-0.25, -0.2) is 9.48 Å². The van der Waals surface area contributed by atoms with Crippen molar-refractivity contribution in [1.82, 2.24) is 9.78 Å². The van der Waals surface area contributed by atoms with Crippen LogP contribution in [-0.2, 0) is 6.42 Å². The molecule has 25 heavy (non-hydrogen) atoms. The Labute approximate surface area is 153 Å². The number of carbonyl (C=O) groups is 1. The third-order valence-electron chi connectivity index (χ3n) is 3.87. The fourth-order valence-electron chi connectivity index (χ4n) is 2.74. The third kappa shape index (κ3) is 3.19. The van der Waals surface area contributed by atoms with Crippen LogP contribution in [0.5, 0.6) is 0 Å².